The van der Waals surface area contributed by atoms with Gasteiger partial charge in [0.1, 0.15) is 5.82 Å². The molecule has 4 N–H and O–H groups in total. The molecule has 0 bridgehead atoms. The van der Waals surface area contributed by atoms with Gasteiger partial charge >= 0.3 is 0 Å². The molecule has 2 aromatic carbocycles. The Balaban J connectivity index is 1.78. The molecule has 7 nitrogen and oxygen atoms in total. The monoisotopic (exact) mass is 572 g/mol. The van der Waals surface area contributed by atoms with Crippen molar-refractivity contribution in [3.05, 3.63) is 51.4 Å². The molecule has 0 unspecified atom stereocenters. The Morgan fingerprint density at radius 3 is 2.42 bits per heavy atom. The van der Waals surface area contributed by atoms with Crippen LogP contribution in [0.4, 0.5) is 24.5 Å². The fourth-order valence-corrected chi connectivity index (χ4v) is 5.21. The maximum atomic E-state index is 14.4. The van der Waals surface area contributed by atoms with Crippen molar-refractivity contribution in [2.24, 2.45) is 0 Å². The fraction of sp³-hybridized carbons (Fsp3) is 0.368. The summed E-state index contributed by atoms with van der Waals surface area (Å²) in [6, 6.07) is 6.09. The van der Waals surface area contributed by atoms with E-state index in [1.807, 2.05) is 22.6 Å². The number of ether oxygens (including phenoxy) is 1. The van der Waals surface area contributed by atoms with E-state index >= 15 is 0 Å². The Morgan fingerprint density at radius 2 is 1.81 bits per heavy atom. The number of halogens is 4. The van der Waals surface area contributed by atoms with Gasteiger partial charge in [-0.3, -0.25) is 4.72 Å². The van der Waals surface area contributed by atoms with Crippen LogP contribution in [0.5, 0.6) is 5.75 Å². The average molecular weight is 572 g/mol. The summed E-state index contributed by atoms with van der Waals surface area (Å²) in [5.41, 5.74) is -0.275. The van der Waals surface area contributed by atoms with Crippen LogP contribution in [-0.2, 0) is 10.0 Å². The van der Waals surface area contributed by atoms with Gasteiger partial charge in [-0.05, 0) is 72.2 Å². The third-order valence-corrected chi connectivity index (χ3v) is 7.78. The minimum absolute atomic E-state index is 0.0642. The lowest BCUT2D eigenvalue weighted by molar-refractivity contribution is 0.0858. The summed E-state index contributed by atoms with van der Waals surface area (Å²) in [7, 11) is -4.12. The van der Waals surface area contributed by atoms with Crippen molar-refractivity contribution in [2.45, 2.75) is 30.1 Å². The van der Waals surface area contributed by atoms with Crippen molar-refractivity contribution in [3.63, 3.8) is 0 Å². The number of benzene rings is 2. The van der Waals surface area contributed by atoms with Gasteiger partial charge in [0.15, 0.2) is 18.3 Å². The molecule has 1 saturated carbocycles. The van der Waals surface area contributed by atoms with Crippen molar-refractivity contribution in [1.29, 1.82) is 0 Å². The van der Waals surface area contributed by atoms with Crippen molar-refractivity contribution >= 4 is 44.0 Å². The number of anilines is 2. The van der Waals surface area contributed by atoms with E-state index in [1.165, 1.54) is 12.1 Å². The molecule has 1 aliphatic carbocycles. The molecular formula is C19H20F3IN2O5S. The first-order valence-electron chi connectivity index (χ1n) is 9.19. The highest BCUT2D eigenvalue weighted by Gasteiger charge is 2.55. The number of aliphatic hydroxyl groups is 2. The Labute approximate surface area is 190 Å². The first-order chi connectivity index (χ1) is 14.6. The van der Waals surface area contributed by atoms with Gasteiger partial charge in [-0.1, -0.05) is 0 Å². The molecule has 0 amide bonds. The molecule has 170 valence electrons. The van der Waals surface area contributed by atoms with Gasteiger partial charge in [0.05, 0.1) is 28.8 Å². The Kier molecular flexibility index (Phi) is 7.23. The topological polar surface area (TPSA) is 108 Å². The third kappa shape index (κ3) is 5.35. The van der Waals surface area contributed by atoms with Crippen LogP contribution in [-0.4, -0.2) is 42.8 Å². The lowest BCUT2D eigenvalue weighted by Crippen LogP contribution is -2.34. The quantitative estimate of drug-likeness (QED) is 0.258. The summed E-state index contributed by atoms with van der Waals surface area (Å²) < 4.78 is 74.4. The van der Waals surface area contributed by atoms with Gasteiger partial charge in [0, 0.05) is 3.57 Å². The van der Waals surface area contributed by atoms with E-state index < -0.39 is 57.4 Å². The maximum Gasteiger partial charge on any atom is 0.238 e. The van der Waals surface area contributed by atoms with Crippen molar-refractivity contribution in [3.8, 4) is 5.75 Å². The zero-order chi connectivity index (χ0) is 22.8. The molecule has 0 aliphatic heterocycles. The molecule has 0 spiro atoms. The van der Waals surface area contributed by atoms with Crippen LogP contribution in [0.3, 0.4) is 0 Å². The van der Waals surface area contributed by atoms with Crippen molar-refractivity contribution in [1.82, 2.24) is 0 Å². The zero-order valence-corrected chi connectivity index (χ0v) is 19.0. The number of hydrogen-bond acceptors (Lipinski definition) is 6. The number of hydrogen-bond donors (Lipinski definition) is 4. The highest BCUT2D eigenvalue weighted by Crippen LogP contribution is 2.48. The molecule has 0 aromatic heterocycles. The summed E-state index contributed by atoms with van der Waals surface area (Å²) in [6.45, 7) is -1.07. The maximum absolute atomic E-state index is 14.4. The van der Waals surface area contributed by atoms with E-state index in [2.05, 4.69) is 10.0 Å². The van der Waals surface area contributed by atoms with Gasteiger partial charge in [0.25, 0.3) is 0 Å². The second kappa shape index (κ2) is 9.38. The third-order valence-electron chi connectivity index (χ3n) is 4.90. The second-order valence-corrected chi connectivity index (χ2v) is 10.5. The first-order valence-corrected chi connectivity index (χ1v) is 11.8. The molecule has 1 atom stereocenters. The van der Waals surface area contributed by atoms with E-state index in [9.17, 15) is 26.7 Å². The van der Waals surface area contributed by atoms with Gasteiger partial charge in [-0.25, -0.2) is 17.2 Å². The lowest BCUT2D eigenvalue weighted by atomic mass is 10.2. The molecule has 0 heterocycles. The molecule has 0 radical (unpaired) electrons. The van der Waals surface area contributed by atoms with E-state index in [-0.39, 0.29) is 30.6 Å². The van der Waals surface area contributed by atoms with Crippen LogP contribution in [0.25, 0.3) is 0 Å². The zero-order valence-electron chi connectivity index (χ0n) is 16.0. The number of rotatable bonds is 10. The fourth-order valence-electron chi connectivity index (χ4n) is 3.04. The number of nitrogens with one attached hydrogen (secondary N) is 2. The van der Waals surface area contributed by atoms with Crippen LogP contribution >= 0.6 is 22.6 Å². The highest BCUT2D eigenvalue weighted by molar-refractivity contribution is 14.1. The molecular weight excluding hydrogens is 552 g/mol. The predicted octanol–water partition coefficient (Wildman–Crippen LogP) is 3.17. The number of sulfonamides is 1. The SMILES string of the molecule is O=S(=O)(Nc1ccc(F)c(F)c1OCNc1ccc(I)cc1F)C1(C[C@H](O)CO)CC1. The summed E-state index contributed by atoms with van der Waals surface area (Å²) in [5.74, 6) is -3.93. The number of aliphatic hydroxyl groups excluding tert-OH is 2. The smallest absolute Gasteiger partial charge is 0.238 e. The van der Waals surface area contributed by atoms with Crippen LogP contribution in [0, 0.1) is 21.0 Å². The van der Waals surface area contributed by atoms with Crippen LogP contribution in [0.15, 0.2) is 30.3 Å². The van der Waals surface area contributed by atoms with Crippen LogP contribution in [0.2, 0.25) is 0 Å². The summed E-state index contributed by atoms with van der Waals surface area (Å²) >= 11 is 1.93. The molecule has 0 saturated heterocycles. The minimum Gasteiger partial charge on any atom is -0.468 e. The van der Waals surface area contributed by atoms with E-state index in [0.29, 0.717) is 3.57 Å². The van der Waals surface area contributed by atoms with E-state index in [0.717, 1.165) is 12.1 Å². The normalized spacial score (nSPS) is 15.9. The molecule has 1 aliphatic rings. The Bertz CT molecular complexity index is 1070. The lowest BCUT2D eigenvalue weighted by Gasteiger charge is -2.21. The largest absolute Gasteiger partial charge is 0.468 e. The van der Waals surface area contributed by atoms with Gasteiger partial charge in [-0.15, -0.1) is 0 Å². The molecule has 2 aromatic rings. The van der Waals surface area contributed by atoms with E-state index in [4.69, 9.17) is 9.84 Å². The first kappa shape index (κ1) is 23.9. The van der Waals surface area contributed by atoms with Gasteiger partial charge in [-0.2, -0.15) is 4.39 Å². The van der Waals surface area contributed by atoms with E-state index in [1.54, 1.807) is 6.07 Å². The predicted molar refractivity (Wildman–Crippen MR) is 117 cm³/mol. The molecule has 1 fully saturated rings. The summed E-state index contributed by atoms with van der Waals surface area (Å²) in [4.78, 5) is 0. The molecule has 12 heteroatoms. The van der Waals surface area contributed by atoms with Crippen molar-refractivity contribution in [2.75, 3.05) is 23.4 Å². The van der Waals surface area contributed by atoms with Gasteiger partial charge in [0.2, 0.25) is 15.8 Å². The summed E-state index contributed by atoms with van der Waals surface area (Å²) in [5, 5.41) is 21.2. The molecule has 31 heavy (non-hydrogen) atoms. The second-order valence-electron chi connectivity index (χ2n) is 7.16. The standard InChI is InChI=1S/C19H20F3IN2O5S/c20-13-2-4-16(25-31(28,29)19(5-6-19)8-12(27)9-26)18(17(13)22)30-10-24-15-3-1-11(23)7-14(15)21/h1-4,7,12,24-27H,5-6,8-10H2/t12-/m0/s1. The molecule has 3 rings (SSSR count). The minimum atomic E-state index is -4.12. The van der Waals surface area contributed by atoms with Crippen LogP contribution < -0.4 is 14.8 Å². The average Bonchev–Trinajstić information content (AvgIpc) is 3.49. The Morgan fingerprint density at radius 1 is 1.13 bits per heavy atom. The highest BCUT2D eigenvalue weighted by atomic mass is 127. The Hall–Kier alpha value is -1.77. The van der Waals surface area contributed by atoms with Gasteiger partial charge < -0.3 is 20.3 Å². The van der Waals surface area contributed by atoms with Crippen molar-refractivity contribution < 1.29 is 36.5 Å². The van der Waals surface area contributed by atoms with Crippen LogP contribution in [0.1, 0.15) is 19.3 Å². The summed E-state index contributed by atoms with van der Waals surface area (Å²) in [6.07, 6.45) is -0.945.